The van der Waals surface area contributed by atoms with Crippen LogP contribution in [0.4, 0.5) is 0 Å². The van der Waals surface area contributed by atoms with Crippen molar-refractivity contribution in [1.82, 2.24) is 20.0 Å². The molecule has 1 saturated heterocycles. The molecule has 6 nitrogen and oxygen atoms in total. The van der Waals surface area contributed by atoms with Gasteiger partial charge in [0.15, 0.2) is 0 Å². The van der Waals surface area contributed by atoms with E-state index in [1.165, 1.54) is 0 Å². The van der Waals surface area contributed by atoms with Crippen molar-refractivity contribution >= 4 is 5.91 Å². The van der Waals surface area contributed by atoms with E-state index in [2.05, 4.69) is 22.2 Å². The van der Waals surface area contributed by atoms with Gasteiger partial charge in [0.1, 0.15) is 0 Å². The van der Waals surface area contributed by atoms with Gasteiger partial charge < -0.3 is 10.1 Å². The molecule has 0 spiro atoms. The molecule has 0 radical (unpaired) electrons. The molecule has 2 heterocycles. The lowest BCUT2D eigenvalue weighted by atomic mass is 10.1. The number of amides is 1. The summed E-state index contributed by atoms with van der Waals surface area (Å²) in [5.41, 5.74) is 1.68. The molecule has 1 atom stereocenters. The number of carbonyl (C=O) groups excluding carboxylic acids is 1. The Balaban J connectivity index is 1.60. The molecule has 6 heteroatoms. The minimum Gasteiger partial charge on any atom is -0.379 e. The molecule has 1 aromatic heterocycles. The second-order valence-electron chi connectivity index (χ2n) is 6.07. The number of hydrogen-bond donors (Lipinski definition) is 1. The van der Waals surface area contributed by atoms with Gasteiger partial charge in [0, 0.05) is 43.6 Å². The molecule has 1 amide bonds. The fourth-order valence-electron chi connectivity index (χ4n) is 2.93. The van der Waals surface area contributed by atoms with Crippen molar-refractivity contribution in [3.8, 4) is 0 Å². The molecule has 1 fully saturated rings. The fourth-order valence-corrected chi connectivity index (χ4v) is 2.93. The van der Waals surface area contributed by atoms with Gasteiger partial charge in [-0.3, -0.25) is 14.4 Å². The highest BCUT2D eigenvalue weighted by molar-refractivity contribution is 5.95. The zero-order valence-corrected chi connectivity index (χ0v) is 14.0. The van der Waals surface area contributed by atoms with Crippen molar-refractivity contribution in [1.29, 1.82) is 0 Å². The van der Waals surface area contributed by atoms with Crippen molar-refractivity contribution in [2.24, 2.45) is 0 Å². The van der Waals surface area contributed by atoms with Crippen molar-refractivity contribution in [2.75, 3.05) is 32.8 Å². The third-order valence-corrected chi connectivity index (χ3v) is 4.38. The minimum absolute atomic E-state index is 0.0298. The van der Waals surface area contributed by atoms with Crippen LogP contribution in [0, 0.1) is 0 Å². The first kappa shape index (κ1) is 16.7. The van der Waals surface area contributed by atoms with Crippen LogP contribution in [0.25, 0.3) is 0 Å². The Bertz CT molecular complexity index is 651. The summed E-state index contributed by atoms with van der Waals surface area (Å²) in [6.45, 7) is 6.75. The van der Waals surface area contributed by atoms with Gasteiger partial charge >= 0.3 is 0 Å². The number of hydrogen-bond acceptors (Lipinski definition) is 4. The lowest BCUT2D eigenvalue weighted by molar-refractivity contribution is 0.0204. The molecule has 2 aromatic rings. The smallest absolute Gasteiger partial charge is 0.251 e. The van der Waals surface area contributed by atoms with Crippen LogP contribution in [0.15, 0.2) is 42.7 Å². The van der Waals surface area contributed by atoms with Gasteiger partial charge in [-0.25, -0.2) is 0 Å². The summed E-state index contributed by atoms with van der Waals surface area (Å²) in [5.74, 6) is -0.0298. The van der Waals surface area contributed by atoms with Gasteiger partial charge in [-0.1, -0.05) is 18.2 Å². The Morgan fingerprint density at radius 1 is 1.29 bits per heavy atom. The standard InChI is InChI=1S/C18H24N4O2/c1-15(21-9-11-24-12-10-21)13-19-18(23)17-6-3-2-5-16(17)14-22-8-4-7-20-22/h2-8,15H,9-14H2,1H3,(H,19,23)/t15-/m0/s1. The summed E-state index contributed by atoms with van der Waals surface area (Å²) >= 11 is 0. The summed E-state index contributed by atoms with van der Waals surface area (Å²) in [7, 11) is 0. The number of nitrogens with zero attached hydrogens (tertiary/aromatic N) is 3. The normalized spacial score (nSPS) is 16.7. The number of rotatable bonds is 6. The Morgan fingerprint density at radius 3 is 2.83 bits per heavy atom. The largest absolute Gasteiger partial charge is 0.379 e. The average molecular weight is 328 g/mol. The predicted octanol–water partition coefficient (Wildman–Crippen LogP) is 1.38. The zero-order chi connectivity index (χ0) is 16.8. The number of benzene rings is 1. The number of morpholine rings is 1. The van der Waals surface area contributed by atoms with Crippen molar-refractivity contribution in [2.45, 2.75) is 19.5 Å². The number of nitrogens with one attached hydrogen (secondary N) is 1. The second-order valence-corrected chi connectivity index (χ2v) is 6.07. The van der Waals surface area contributed by atoms with Crippen LogP contribution >= 0.6 is 0 Å². The molecule has 3 rings (SSSR count). The van der Waals surface area contributed by atoms with E-state index in [1.807, 2.05) is 41.2 Å². The van der Waals surface area contributed by atoms with Crippen molar-refractivity contribution < 1.29 is 9.53 Å². The summed E-state index contributed by atoms with van der Waals surface area (Å²) < 4.78 is 7.20. The first-order valence-corrected chi connectivity index (χ1v) is 8.39. The van der Waals surface area contributed by atoms with E-state index < -0.39 is 0 Å². The molecule has 1 aliphatic rings. The molecular formula is C18H24N4O2. The lowest BCUT2D eigenvalue weighted by Crippen LogP contribution is -2.47. The maximum atomic E-state index is 12.6. The molecule has 1 aromatic carbocycles. The molecule has 0 saturated carbocycles. The maximum absolute atomic E-state index is 12.6. The van der Waals surface area contributed by atoms with Gasteiger partial charge in [-0.2, -0.15) is 5.10 Å². The quantitative estimate of drug-likeness (QED) is 0.870. The molecule has 24 heavy (non-hydrogen) atoms. The highest BCUT2D eigenvalue weighted by atomic mass is 16.5. The van der Waals surface area contributed by atoms with E-state index in [0.717, 1.165) is 31.9 Å². The SMILES string of the molecule is C[C@@H](CNC(=O)c1ccccc1Cn1cccn1)N1CCOCC1. The third kappa shape index (κ3) is 4.21. The van der Waals surface area contributed by atoms with Crippen LogP contribution in [-0.2, 0) is 11.3 Å². The van der Waals surface area contributed by atoms with Crippen LogP contribution in [0.5, 0.6) is 0 Å². The van der Waals surface area contributed by atoms with Gasteiger partial charge in [0.25, 0.3) is 5.91 Å². The number of carbonyl (C=O) groups is 1. The van der Waals surface area contributed by atoms with Crippen LogP contribution in [0.1, 0.15) is 22.8 Å². The van der Waals surface area contributed by atoms with E-state index >= 15 is 0 Å². The molecule has 1 aliphatic heterocycles. The Hall–Kier alpha value is -2.18. The van der Waals surface area contributed by atoms with Gasteiger partial charge in [-0.05, 0) is 24.6 Å². The van der Waals surface area contributed by atoms with E-state index in [0.29, 0.717) is 24.7 Å². The molecular weight excluding hydrogens is 304 g/mol. The predicted molar refractivity (Wildman–Crippen MR) is 92.0 cm³/mol. The molecule has 0 bridgehead atoms. The molecule has 1 N–H and O–H groups in total. The van der Waals surface area contributed by atoms with Gasteiger partial charge in [0.05, 0.1) is 19.8 Å². The van der Waals surface area contributed by atoms with Crippen LogP contribution in [0.3, 0.4) is 0 Å². The Labute approximate surface area is 142 Å². The van der Waals surface area contributed by atoms with E-state index in [1.54, 1.807) is 6.20 Å². The third-order valence-electron chi connectivity index (χ3n) is 4.38. The number of ether oxygens (including phenoxy) is 1. The topological polar surface area (TPSA) is 59.4 Å². The van der Waals surface area contributed by atoms with Gasteiger partial charge in [-0.15, -0.1) is 0 Å². The Kier molecular flexibility index (Phi) is 5.61. The summed E-state index contributed by atoms with van der Waals surface area (Å²) in [4.78, 5) is 14.9. The van der Waals surface area contributed by atoms with Crippen LogP contribution in [-0.4, -0.2) is 59.5 Å². The molecule has 0 aliphatic carbocycles. The molecule has 128 valence electrons. The first-order chi connectivity index (χ1) is 11.7. The van der Waals surface area contributed by atoms with E-state index in [4.69, 9.17) is 4.74 Å². The van der Waals surface area contributed by atoms with Gasteiger partial charge in [0.2, 0.25) is 0 Å². The number of aromatic nitrogens is 2. The maximum Gasteiger partial charge on any atom is 0.251 e. The fraction of sp³-hybridized carbons (Fsp3) is 0.444. The average Bonchev–Trinajstić information content (AvgIpc) is 3.13. The Morgan fingerprint density at radius 2 is 2.08 bits per heavy atom. The van der Waals surface area contributed by atoms with Crippen molar-refractivity contribution in [3.05, 3.63) is 53.9 Å². The monoisotopic (exact) mass is 328 g/mol. The van der Waals surface area contributed by atoms with Crippen LogP contribution < -0.4 is 5.32 Å². The minimum atomic E-state index is -0.0298. The van der Waals surface area contributed by atoms with E-state index in [9.17, 15) is 4.79 Å². The highest BCUT2D eigenvalue weighted by Gasteiger charge is 2.18. The highest BCUT2D eigenvalue weighted by Crippen LogP contribution is 2.11. The van der Waals surface area contributed by atoms with E-state index in [-0.39, 0.29) is 5.91 Å². The first-order valence-electron chi connectivity index (χ1n) is 8.39. The zero-order valence-electron chi connectivity index (χ0n) is 14.0. The molecule has 0 unspecified atom stereocenters. The summed E-state index contributed by atoms with van der Waals surface area (Å²) in [5, 5.41) is 7.28. The van der Waals surface area contributed by atoms with Crippen LogP contribution in [0.2, 0.25) is 0 Å². The summed E-state index contributed by atoms with van der Waals surface area (Å²) in [6, 6.07) is 9.87. The second kappa shape index (κ2) is 8.08. The lowest BCUT2D eigenvalue weighted by Gasteiger charge is -2.32. The van der Waals surface area contributed by atoms with Crippen molar-refractivity contribution in [3.63, 3.8) is 0 Å². The summed E-state index contributed by atoms with van der Waals surface area (Å²) in [6.07, 6.45) is 3.64.